The molecule has 6 heteroatoms. The molecular formula is C23H28N4O2. The molecule has 2 aromatic heterocycles. The summed E-state index contributed by atoms with van der Waals surface area (Å²) in [6.45, 7) is 2.23. The van der Waals surface area contributed by atoms with Gasteiger partial charge < -0.3 is 15.3 Å². The first-order valence-electron chi connectivity index (χ1n) is 10.3. The molecule has 3 heterocycles. The van der Waals surface area contributed by atoms with Crippen LogP contribution in [0.1, 0.15) is 30.4 Å². The van der Waals surface area contributed by atoms with E-state index in [1.165, 1.54) is 5.56 Å². The van der Waals surface area contributed by atoms with Crippen molar-refractivity contribution in [2.75, 3.05) is 19.6 Å². The van der Waals surface area contributed by atoms with Crippen LogP contribution in [0.3, 0.4) is 0 Å². The zero-order valence-electron chi connectivity index (χ0n) is 16.6. The zero-order valence-corrected chi connectivity index (χ0v) is 16.6. The Morgan fingerprint density at radius 3 is 2.83 bits per heavy atom. The number of fused-ring (bicyclic) bond motifs is 1. The van der Waals surface area contributed by atoms with Gasteiger partial charge in [-0.3, -0.25) is 4.79 Å². The Morgan fingerprint density at radius 2 is 1.97 bits per heavy atom. The van der Waals surface area contributed by atoms with Gasteiger partial charge in [0.2, 0.25) is 0 Å². The largest absolute Gasteiger partial charge is 0.379 e. The highest BCUT2D eigenvalue weighted by molar-refractivity contribution is 5.86. The van der Waals surface area contributed by atoms with Gasteiger partial charge in [0.25, 0.3) is 5.91 Å². The number of likely N-dealkylation sites (tertiary alicyclic amines) is 1. The fourth-order valence-corrected chi connectivity index (χ4v) is 4.09. The summed E-state index contributed by atoms with van der Waals surface area (Å²) in [7, 11) is 0. The molecule has 1 atom stereocenters. The summed E-state index contributed by atoms with van der Waals surface area (Å²) < 4.78 is 1.83. The van der Waals surface area contributed by atoms with Gasteiger partial charge in [-0.25, -0.2) is 4.52 Å². The number of benzene rings is 1. The van der Waals surface area contributed by atoms with Gasteiger partial charge in [0, 0.05) is 37.9 Å². The number of hydrogen-bond acceptors (Lipinski definition) is 4. The maximum absolute atomic E-state index is 12.9. The second kappa shape index (κ2) is 8.76. The number of carbonyl (C=O) groups excluding carboxylic acids is 1. The van der Waals surface area contributed by atoms with Gasteiger partial charge >= 0.3 is 0 Å². The van der Waals surface area contributed by atoms with Crippen LogP contribution in [-0.4, -0.2) is 50.8 Å². The second-order valence-electron chi connectivity index (χ2n) is 7.82. The van der Waals surface area contributed by atoms with Gasteiger partial charge in [-0.05, 0) is 43.4 Å². The third-order valence-corrected chi connectivity index (χ3v) is 5.68. The van der Waals surface area contributed by atoms with Gasteiger partial charge in [-0.1, -0.05) is 36.4 Å². The van der Waals surface area contributed by atoms with E-state index in [0.29, 0.717) is 19.5 Å². The van der Waals surface area contributed by atoms with E-state index in [1.807, 2.05) is 58.2 Å². The Hall–Kier alpha value is -2.70. The van der Waals surface area contributed by atoms with E-state index < -0.39 is 5.60 Å². The van der Waals surface area contributed by atoms with Crippen molar-refractivity contribution in [1.29, 1.82) is 0 Å². The van der Waals surface area contributed by atoms with Gasteiger partial charge in [0.05, 0.1) is 11.7 Å². The summed E-state index contributed by atoms with van der Waals surface area (Å²) in [5.74, 6) is -0.149. The third-order valence-electron chi connectivity index (χ3n) is 5.68. The third kappa shape index (κ3) is 4.49. The molecule has 29 heavy (non-hydrogen) atoms. The number of aliphatic hydroxyl groups is 1. The van der Waals surface area contributed by atoms with Crippen molar-refractivity contribution in [1.82, 2.24) is 19.8 Å². The van der Waals surface area contributed by atoms with Crippen LogP contribution in [0, 0.1) is 0 Å². The predicted molar refractivity (Wildman–Crippen MR) is 112 cm³/mol. The molecule has 0 saturated carbocycles. The van der Waals surface area contributed by atoms with E-state index >= 15 is 0 Å². The highest BCUT2D eigenvalue weighted by Crippen LogP contribution is 2.23. The Labute approximate surface area is 171 Å². The first-order valence-corrected chi connectivity index (χ1v) is 10.3. The number of piperidine rings is 1. The normalized spacial score (nSPS) is 19.8. The maximum Gasteiger partial charge on any atom is 0.255 e. The topological polar surface area (TPSA) is 69.9 Å². The lowest BCUT2D eigenvalue weighted by molar-refractivity contribution is -0.156. The fraction of sp³-hybridized carbons (Fsp3) is 0.391. The summed E-state index contributed by atoms with van der Waals surface area (Å²) in [5.41, 5.74) is 2.04. The van der Waals surface area contributed by atoms with Gasteiger partial charge in [-0.2, -0.15) is 5.10 Å². The van der Waals surface area contributed by atoms with Crippen LogP contribution in [0.25, 0.3) is 5.52 Å². The van der Waals surface area contributed by atoms with Crippen molar-refractivity contribution in [3.63, 3.8) is 0 Å². The Balaban J connectivity index is 1.30. The lowest BCUT2D eigenvalue weighted by atomic mass is 9.91. The molecule has 152 valence electrons. The van der Waals surface area contributed by atoms with Gasteiger partial charge in [0.15, 0.2) is 5.60 Å². The quantitative estimate of drug-likeness (QED) is 0.618. The molecule has 3 aromatic rings. The number of aromatic nitrogens is 2. The minimum atomic E-state index is -1.33. The number of pyridine rings is 1. The van der Waals surface area contributed by atoms with Crippen LogP contribution in [0.5, 0.6) is 0 Å². The van der Waals surface area contributed by atoms with E-state index in [1.54, 1.807) is 0 Å². The summed E-state index contributed by atoms with van der Waals surface area (Å²) >= 11 is 0. The number of rotatable bonds is 8. The number of carbonyl (C=O) groups is 1. The highest BCUT2D eigenvalue weighted by Gasteiger charge is 2.41. The Kier molecular flexibility index (Phi) is 5.92. The fourth-order valence-electron chi connectivity index (χ4n) is 4.09. The van der Waals surface area contributed by atoms with Crippen LogP contribution < -0.4 is 5.32 Å². The first kappa shape index (κ1) is 19.6. The van der Waals surface area contributed by atoms with Gasteiger partial charge in [-0.15, -0.1) is 0 Å². The van der Waals surface area contributed by atoms with Crippen LogP contribution in [0.2, 0.25) is 0 Å². The number of aryl methyl sites for hydroxylation is 1. The average Bonchev–Trinajstić information content (AvgIpc) is 3.15. The summed E-state index contributed by atoms with van der Waals surface area (Å²) in [6, 6.07) is 16.2. The molecule has 1 fully saturated rings. The average molecular weight is 393 g/mol. The summed E-state index contributed by atoms with van der Waals surface area (Å²) in [4.78, 5) is 14.7. The standard InChI is InChI=1S/C23H28N4O2/c28-22-23(29,18-24-16-20-17-25-27-15-5-4-11-21(20)27)12-7-14-26(22)13-6-10-19-8-2-1-3-9-19/h1-5,8-9,11,15,17,24,29H,6-7,10,12-14,16,18H2. The van der Waals surface area contributed by atoms with Crippen molar-refractivity contribution < 1.29 is 9.90 Å². The number of nitrogens with zero attached hydrogens (tertiary/aromatic N) is 3. The Morgan fingerprint density at radius 1 is 1.14 bits per heavy atom. The molecule has 1 aliphatic rings. The van der Waals surface area contributed by atoms with E-state index in [4.69, 9.17) is 0 Å². The van der Waals surface area contributed by atoms with E-state index in [0.717, 1.165) is 36.9 Å². The molecule has 0 bridgehead atoms. The number of nitrogens with one attached hydrogen (secondary N) is 1. The molecule has 6 nitrogen and oxygen atoms in total. The summed E-state index contributed by atoms with van der Waals surface area (Å²) in [5, 5.41) is 18.6. The second-order valence-corrected chi connectivity index (χ2v) is 7.82. The van der Waals surface area contributed by atoms with Crippen molar-refractivity contribution in [3.05, 3.63) is 72.1 Å². The van der Waals surface area contributed by atoms with Gasteiger partial charge in [0.1, 0.15) is 0 Å². The monoisotopic (exact) mass is 392 g/mol. The number of hydrogen-bond donors (Lipinski definition) is 2. The highest BCUT2D eigenvalue weighted by atomic mass is 16.3. The minimum Gasteiger partial charge on any atom is -0.379 e. The first-order chi connectivity index (χ1) is 14.2. The molecule has 1 aliphatic heterocycles. The molecular weight excluding hydrogens is 364 g/mol. The lowest BCUT2D eigenvalue weighted by Crippen LogP contribution is -2.58. The van der Waals surface area contributed by atoms with E-state index in [9.17, 15) is 9.90 Å². The minimum absolute atomic E-state index is 0.149. The summed E-state index contributed by atoms with van der Waals surface area (Å²) in [6.07, 6.45) is 6.90. The molecule has 1 aromatic carbocycles. The van der Waals surface area contributed by atoms with Crippen molar-refractivity contribution in [3.8, 4) is 0 Å². The molecule has 0 radical (unpaired) electrons. The maximum atomic E-state index is 12.9. The molecule has 2 N–H and O–H groups in total. The number of amides is 1. The smallest absolute Gasteiger partial charge is 0.255 e. The van der Waals surface area contributed by atoms with Crippen molar-refractivity contribution in [2.24, 2.45) is 0 Å². The zero-order chi connectivity index (χ0) is 20.1. The van der Waals surface area contributed by atoms with Crippen molar-refractivity contribution >= 4 is 11.4 Å². The lowest BCUT2D eigenvalue weighted by Gasteiger charge is -2.38. The van der Waals surface area contributed by atoms with E-state index in [-0.39, 0.29) is 12.5 Å². The van der Waals surface area contributed by atoms with Crippen LogP contribution in [0.15, 0.2) is 60.9 Å². The van der Waals surface area contributed by atoms with E-state index in [2.05, 4.69) is 22.5 Å². The molecule has 1 amide bonds. The SMILES string of the molecule is O=C1N(CCCc2ccccc2)CCCC1(O)CNCc1cnn2ccccc12. The molecule has 0 aliphatic carbocycles. The van der Waals surface area contributed by atoms with Crippen LogP contribution in [0.4, 0.5) is 0 Å². The Bertz CT molecular complexity index is 956. The van der Waals surface area contributed by atoms with Crippen molar-refractivity contribution in [2.45, 2.75) is 37.8 Å². The predicted octanol–water partition coefficient (Wildman–Crippen LogP) is 2.41. The molecule has 1 saturated heterocycles. The van der Waals surface area contributed by atoms with Crippen LogP contribution >= 0.6 is 0 Å². The molecule has 0 spiro atoms. The van der Waals surface area contributed by atoms with Crippen LogP contribution in [-0.2, 0) is 17.8 Å². The molecule has 4 rings (SSSR count). The molecule has 1 unspecified atom stereocenters.